The molecule has 0 aliphatic carbocycles. The second-order valence-corrected chi connectivity index (χ2v) is 8.82. The first kappa shape index (κ1) is 21.0. The number of aromatic nitrogens is 1. The molecule has 3 heterocycles. The predicted molar refractivity (Wildman–Crippen MR) is 133 cm³/mol. The Morgan fingerprint density at radius 2 is 1.78 bits per heavy atom. The highest BCUT2D eigenvalue weighted by Gasteiger charge is 2.42. The van der Waals surface area contributed by atoms with Crippen LogP contribution in [0.3, 0.4) is 0 Å². The Labute approximate surface area is 201 Å². The van der Waals surface area contributed by atoms with E-state index in [1.165, 1.54) is 0 Å². The summed E-state index contributed by atoms with van der Waals surface area (Å²) in [7, 11) is 0. The van der Waals surface area contributed by atoms with E-state index in [0.29, 0.717) is 15.2 Å². The summed E-state index contributed by atoms with van der Waals surface area (Å²) in [5.74, 6) is 1.53. The van der Waals surface area contributed by atoms with Crippen LogP contribution in [0.25, 0.3) is 11.3 Å². The first-order valence-electron chi connectivity index (χ1n) is 10.1. The quantitative estimate of drug-likeness (QED) is 0.315. The molecule has 0 bridgehead atoms. The van der Waals surface area contributed by atoms with Gasteiger partial charge in [0, 0.05) is 27.5 Å². The Balaban J connectivity index is 1.61. The van der Waals surface area contributed by atoms with E-state index in [-0.39, 0.29) is 12.1 Å². The van der Waals surface area contributed by atoms with Gasteiger partial charge in [0.25, 0.3) is 0 Å². The summed E-state index contributed by atoms with van der Waals surface area (Å²) < 4.78 is 6.41. The Morgan fingerprint density at radius 3 is 2.53 bits per heavy atom. The molecule has 0 amide bonds. The van der Waals surface area contributed by atoms with E-state index in [9.17, 15) is 0 Å². The van der Waals surface area contributed by atoms with Crippen LogP contribution in [0, 0.1) is 6.92 Å². The number of benzene rings is 2. The standard InChI is InChI=1S/C25H19Cl2N3OS/c1-15-18(5-4-6-19(15)27)21-12-13-22(31-21)24-23(20-7-2-3-14-28-20)29-25(32)30(24)17-10-8-16(26)9-11-17/h2-14,23-24H,1H3,(H,29,32). The highest BCUT2D eigenvalue weighted by molar-refractivity contribution is 7.80. The van der Waals surface area contributed by atoms with Gasteiger partial charge in [0.15, 0.2) is 5.11 Å². The lowest BCUT2D eigenvalue weighted by atomic mass is 10.0. The zero-order chi connectivity index (χ0) is 22.2. The third-order valence-electron chi connectivity index (χ3n) is 5.65. The predicted octanol–water partition coefficient (Wildman–Crippen LogP) is 7.13. The van der Waals surface area contributed by atoms with E-state index in [4.69, 9.17) is 39.8 Å². The molecular weight excluding hydrogens is 461 g/mol. The highest BCUT2D eigenvalue weighted by atomic mass is 35.5. The summed E-state index contributed by atoms with van der Waals surface area (Å²) >= 11 is 18.2. The van der Waals surface area contributed by atoms with Crippen molar-refractivity contribution in [2.45, 2.75) is 19.0 Å². The van der Waals surface area contributed by atoms with Crippen LogP contribution in [0.2, 0.25) is 10.0 Å². The van der Waals surface area contributed by atoms with E-state index in [1.807, 2.05) is 79.7 Å². The topological polar surface area (TPSA) is 41.3 Å². The van der Waals surface area contributed by atoms with Gasteiger partial charge >= 0.3 is 0 Å². The number of rotatable bonds is 4. The lowest BCUT2D eigenvalue weighted by molar-refractivity contribution is 0.439. The first-order valence-corrected chi connectivity index (χ1v) is 11.3. The fourth-order valence-electron chi connectivity index (χ4n) is 4.05. The summed E-state index contributed by atoms with van der Waals surface area (Å²) in [5, 5.41) is 5.41. The second kappa shape index (κ2) is 8.58. The van der Waals surface area contributed by atoms with Crippen molar-refractivity contribution in [1.29, 1.82) is 0 Å². The fourth-order valence-corrected chi connectivity index (χ4v) is 4.70. The maximum atomic E-state index is 6.41. The van der Waals surface area contributed by atoms with Crippen LogP contribution in [0.4, 0.5) is 5.69 Å². The highest BCUT2D eigenvalue weighted by Crippen LogP contribution is 2.43. The maximum absolute atomic E-state index is 6.41. The molecule has 32 heavy (non-hydrogen) atoms. The number of nitrogens with one attached hydrogen (secondary N) is 1. The molecule has 1 saturated heterocycles. The van der Waals surface area contributed by atoms with Crippen LogP contribution < -0.4 is 10.2 Å². The zero-order valence-corrected chi connectivity index (χ0v) is 19.5. The number of hydrogen-bond donors (Lipinski definition) is 1. The SMILES string of the molecule is Cc1c(Cl)cccc1-c1ccc(C2C(c3ccccn3)NC(=S)N2c2ccc(Cl)cc2)o1. The molecule has 5 rings (SSSR count). The van der Waals surface area contributed by atoms with Crippen molar-refractivity contribution in [2.75, 3.05) is 4.90 Å². The second-order valence-electron chi connectivity index (χ2n) is 7.59. The Kier molecular flexibility index (Phi) is 5.64. The summed E-state index contributed by atoms with van der Waals surface area (Å²) in [5.41, 5.74) is 3.75. The molecule has 1 N–H and O–H groups in total. The first-order chi connectivity index (χ1) is 15.5. The Hall–Kier alpha value is -2.86. The number of pyridine rings is 1. The van der Waals surface area contributed by atoms with E-state index in [0.717, 1.165) is 34.0 Å². The minimum atomic E-state index is -0.230. The van der Waals surface area contributed by atoms with Crippen LogP contribution >= 0.6 is 35.4 Å². The number of halogens is 2. The molecule has 4 aromatic rings. The van der Waals surface area contributed by atoms with E-state index >= 15 is 0 Å². The minimum absolute atomic E-state index is 0.182. The number of anilines is 1. The van der Waals surface area contributed by atoms with Gasteiger partial charge in [-0.3, -0.25) is 4.98 Å². The van der Waals surface area contributed by atoms with Crippen LogP contribution in [-0.4, -0.2) is 10.1 Å². The van der Waals surface area contributed by atoms with E-state index in [1.54, 1.807) is 6.20 Å². The zero-order valence-electron chi connectivity index (χ0n) is 17.1. The van der Waals surface area contributed by atoms with Gasteiger partial charge in [0.1, 0.15) is 17.6 Å². The van der Waals surface area contributed by atoms with Gasteiger partial charge in [-0.25, -0.2) is 0 Å². The Bertz CT molecular complexity index is 1270. The number of furan rings is 1. The van der Waals surface area contributed by atoms with Crippen molar-refractivity contribution in [3.05, 3.63) is 106 Å². The summed E-state index contributed by atoms with van der Waals surface area (Å²) in [6.45, 7) is 1.99. The van der Waals surface area contributed by atoms with E-state index in [2.05, 4.69) is 15.2 Å². The lowest BCUT2D eigenvalue weighted by Gasteiger charge is -2.26. The van der Waals surface area contributed by atoms with Crippen molar-refractivity contribution < 1.29 is 4.42 Å². The van der Waals surface area contributed by atoms with Crippen LogP contribution in [0.5, 0.6) is 0 Å². The molecule has 7 heteroatoms. The Morgan fingerprint density at radius 1 is 0.969 bits per heavy atom. The number of thiocarbonyl (C=S) groups is 1. The molecule has 2 aromatic carbocycles. The average Bonchev–Trinajstić information content (AvgIpc) is 3.41. The molecular formula is C25H19Cl2N3OS. The van der Waals surface area contributed by atoms with Crippen molar-refractivity contribution >= 4 is 46.2 Å². The fraction of sp³-hybridized carbons (Fsp3) is 0.120. The van der Waals surface area contributed by atoms with Gasteiger partial charge < -0.3 is 14.6 Å². The molecule has 1 aliphatic rings. The molecule has 4 nitrogen and oxygen atoms in total. The van der Waals surface area contributed by atoms with Crippen LogP contribution in [0.1, 0.15) is 29.1 Å². The van der Waals surface area contributed by atoms with Crippen LogP contribution in [-0.2, 0) is 0 Å². The van der Waals surface area contributed by atoms with Gasteiger partial charge in [0.2, 0.25) is 0 Å². The van der Waals surface area contributed by atoms with Gasteiger partial charge in [-0.15, -0.1) is 0 Å². The minimum Gasteiger partial charge on any atom is -0.459 e. The molecule has 1 fully saturated rings. The largest absolute Gasteiger partial charge is 0.459 e. The summed E-state index contributed by atoms with van der Waals surface area (Å²) in [6.07, 6.45) is 1.78. The average molecular weight is 480 g/mol. The normalized spacial score (nSPS) is 18.1. The summed E-state index contributed by atoms with van der Waals surface area (Å²) in [4.78, 5) is 6.63. The van der Waals surface area contributed by atoms with Crippen molar-refractivity contribution in [3.63, 3.8) is 0 Å². The molecule has 1 aliphatic heterocycles. The molecule has 2 unspecified atom stereocenters. The van der Waals surface area contributed by atoms with Crippen molar-refractivity contribution in [1.82, 2.24) is 10.3 Å². The van der Waals surface area contributed by atoms with Gasteiger partial charge in [-0.2, -0.15) is 0 Å². The van der Waals surface area contributed by atoms with Gasteiger partial charge in [-0.05, 0) is 79.3 Å². The lowest BCUT2D eigenvalue weighted by Crippen LogP contribution is -2.29. The van der Waals surface area contributed by atoms with E-state index < -0.39 is 0 Å². The molecule has 0 radical (unpaired) electrons. The van der Waals surface area contributed by atoms with Gasteiger partial charge in [0.05, 0.1) is 11.7 Å². The molecule has 160 valence electrons. The molecule has 2 aromatic heterocycles. The third-order valence-corrected chi connectivity index (χ3v) is 6.63. The molecule has 0 spiro atoms. The monoisotopic (exact) mass is 479 g/mol. The van der Waals surface area contributed by atoms with Gasteiger partial charge in [-0.1, -0.05) is 41.4 Å². The number of hydrogen-bond acceptors (Lipinski definition) is 3. The molecule has 0 saturated carbocycles. The third kappa shape index (κ3) is 3.77. The van der Waals surface area contributed by atoms with Crippen molar-refractivity contribution in [3.8, 4) is 11.3 Å². The molecule has 2 atom stereocenters. The van der Waals surface area contributed by atoms with Crippen LogP contribution in [0.15, 0.2) is 83.4 Å². The summed E-state index contributed by atoms with van der Waals surface area (Å²) in [6, 6.07) is 22.8. The smallest absolute Gasteiger partial charge is 0.174 e. The van der Waals surface area contributed by atoms with Crippen molar-refractivity contribution in [2.24, 2.45) is 0 Å². The maximum Gasteiger partial charge on any atom is 0.174 e. The number of nitrogens with zero attached hydrogens (tertiary/aromatic N) is 2.